The Bertz CT molecular complexity index is 458. The topological polar surface area (TPSA) is 66.2 Å². The molecular formula is C11H12F6N2O2. The molecule has 1 heterocycles. The van der Waals surface area contributed by atoms with E-state index in [9.17, 15) is 36.6 Å². The van der Waals surface area contributed by atoms with Crippen LogP contribution in [0.1, 0.15) is 37.0 Å². The Hall–Kier alpha value is -1.42. The molecule has 0 bridgehead atoms. The van der Waals surface area contributed by atoms with E-state index in [1.54, 1.807) is 0 Å². The van der Waals surface area contributed by atoms with Crippen LogP contribution in [0.2, 0.25) is 0 Å². The molecule has 0 saturated carbocycles. The van der Waals surface area contributed by atoms with Gasteiger partial charge < -0.3 is 10.2 Å². The lowest BCUT2D eigenvalue weighted by Gasteiger charge is -2.23. The van der Waals surface area contributed by atoms with Crippen LogP contribution in [0.3, 0.4) is 0 Å². The van der Waals surface area contributed by atoms with E-state index in [1.807, 2.05) is 0 Å². The molecule has 0 spiro atoms. The first kappa shape index (κ1) is 17.6. The monoisotopic (exact) mass is 318 g/mol. The van der Waals surface area contributed by atoms with Gasteiger partial charge in [-0.3, -0.25) is 0 Å². The molecule has 2 N–H and O–H groups in total. The first-order valence-corrected chi connectivity index (χ1v) is 5.73. The molecule has 2 atom stereocenters. The summed E-state index contributed by atoms with van der Waals surface area (Å²) < 4.78 is 75.6. The van der Waals surface area contributed by atoms with Gasteiger partial charge in [0.25, 0.3) is 0 Å². The number of aliphatic hydroxyl groups excluding tert-OH is 2. The molecule has 2 unspecified atom stereocenters. The summed E-state index contributed by atoms with van der Waals surface area (Å²) in [5.41, 5.74) is -2.51. The molecule has 0 aliphatic rings. The van der Waals surface area contributed by atoms with E-state index in [0.29, 0.717) is 6.07 Å². The van der Waals surface area contributed by atoms with Gasteiger partial charge in [0.1, 0.15) is 5.69 Å². The van der Waals surface area contributed by atoms with E-state index >= 15 is 0 Å². The van der Waals surface area contributed by atoms with E-state index in [0.717, 1.165) is 13.8 Å². The van der Waals surface area contributed by atoms with Crippen LogP contribution < -0.4 is 0 Å². The lowest BCUT2D eigenvalue weighted by Crippen LogP contribution is -2.29. The quantitative estimate of drug-likeness (QED) is 0.840. The second kappa shape index (κ2) is 5.76. The molecule has 1 rings (SSSR count). The van der Waals surface area contributed by atoms with Crippen molar-refractivity contribution < 1.29 is 36.6 Å². The average molecular weight is 318 g/mol. The number of halogens is 6. The van der Waals surface area contributed by atoms with E-state index in [-0.39, 0.29) is 0 Å². The van der Waals surface area contributed by atoms with E-state index in [2.05, 4.69) is 9.97 Å². The van der Waals surface area contributed by atoms with Gasteiger partial charge >= 0.3 is 12.4 Å². The highest BCUT2D eigenvalue weighted by Gasteiger charge is 2.41. The summed E-state index contributed by atoms with van der Waals surface area (Å²) in [5, 5.41) is 18.9. The molecule has 1 aromatic heterocycles. The van der Waals surface area contributed by atoms with Crippen LogP contribution in [0.15, 0.2) is 6.07 Å². The molecule has 4 nitrogen and oxygen atoms in total. The second-order valence-electron chi connectivity index (χ2n) is 4.50. The molecular weight excluding hydrogens is 306 g/mol. The summed E-state index contributed by atoms with van der Waals surface area (Å²) >= 11 is 0. The van der Waals surface area contributed by atoms with Gasteiger partial charge in [-0.2, -0.15) is 26.3 Å². The summed E-state index contributed by atoms with van der Waals surface area (Å²) in [6.07, 6.45) is -13.1. The van der Waals surface area contributed by atoms with Gasteiger partial charge in [0.15, 0.2) is 0 Å². The summed E-state index contributed by atoms with van der Waals surface area (Å²) in [7, 11) is 0. The molecule has 0 aromatic carbocycles. The summed E-state index contributed by atoms with van der Waals surface area (Å²) in [5.74, 6) is -3.38. The molecule has 0 fully saturated rings. The van der Waals surface area contributed by atoms with Crippen molar-refractivity contribution in [2.75, 3.05) is 0 Å². The van der Waals surface area contributed by atoms with Crippen LogP contribution in [-0.2, 0) is 12.4 Å². The smallest absolute Gasteiger partial charge is 0.393 e. The van der Waals surface area contributed by atoms with Crippen LogP contribution in [-0.4, -0.2) is 32.4 Å². The molecule has 0 aliphatic heterocycles. The van der Waals surface area contributed by atoms with Crippen molar-refractivity contribution in [1.29, 1.82) is 0 Å². The zero-order valence-corrected chi connectivity index (χ0v) is 10.9. The maximum absolute atomic E-state index is 12.6. The molecule has 120 valence electrons. The first-order valence-electron chi connectivity index (χ1n) is 5.73. The minimum Gasteiger partial charge on any atom is -0.393 e. The van der Waals surface area contributed by atoms with Crippen molar-refractivity contribution in [3.63, 3.8) is 0 Å². The highest BCUT2D eigenvalue weighted by atomic mass is 19.4. The van der Waals surface area contributed by atoms with Gasteiger partial charge in [0, 0.05) is 0 Å². The molecule has 21 heavy (non-hydrogen) atoms. The Morgan fingerprint density at radius 1 is 0.905 bits per heavy atom. The fourth-order valence-corrected chi connectivity index (χ4v) is 1.81. The van der Waals surface area contributed by atoms with Gasteiger partial charge in [-0.1, -0.05) is 0 Å². The first-order chi connectivity index (χ1) is 9.34. The predicted molar refractivity (Wildman–Crippen MR) is 58.1 cm³/mol. The number of rotatable bonds is 3. The van der Waals surface area contributed by atoms with E-state index in [4.69, 9.17) is 0 Å². The highest BCUT2D eigenvalue weighted by molar-refractivity contribution is 5.20. The SMILES string of the molecule is CC(O)C(c1cc(C(F)(F)F)nc(C(F)(F)F)n1)C(C)O. The van der Waals surface area contributed by atoms with Crippen LogP contribution >= 0.6 is 0 Å². The van der Waals surface area contributed by atoms with Gasteiger partial charge in [0.2, 0.25) is 5.82 Å². The third-order valence-corrected chi connectivity index (χ3v) is 2.67. The minimum absolute atomic E-state index is 0.291. The van der Waals surface area contributed by atoms with Crippen molar-refractivity contribution in [1.82, 2.24) is 9.97 Å². The number of aliphatic hydroxyl groups is 2. The Morgan fingerprint density at radius 2 is 1.38 bits per heavy atom. The van der Waals surface area contributed by atoms with Gasteiger partial charge in [-0.15, -0.1) is 0 Å². The Kier molecular flexibility index (Phi) is 4.83. The van der Waals surface area contributed by atoms with Gasteiger partial charge in [0.05, 0.1) is 23.8 Å². The number of hydrogen-bond acceptors (Lipinski definition) is 4. The van der Waals surface area contributed by atoms with E-state index in [1.165, 1.54) is 0 Å². The minimum atomic E-state index is -5.18. The Labute approximate surface area is 115 Å². The maximum atomic E-state index is 12.6. The Balaban J connectivity index is 3.51. The Morgan fingerprint density at radius 3 is 1.71 bits per heavy atom. The van der Waals surface area contributed by atoms with Crippen LogP contribution in [0.25, 0.3) is 0 Å². The molecule has 10 heteroatoms. The molecule has 0 aliphatic carbocycles. The van der Waals surface area contributed by atoms with Gasteiger partial charge in [-0.25, -0.2) is 9.97 Å². The highest BCUT2D eigenvalue weighted by Crippen LogP contribution is 2.34. The predicted octanol–water partition coefficient (Wildman–Crippen LogP) is 2.36. The summed E-state index contributed by atoms with van der Waals surface area (Å²) in [4.78, 5) is 5.46. The molecule has 0 radical (unpaired) electrons. The van der Waals surface area contributed by atoms with Crippen LogP contribution in [0, 0.1) is 0 Å². The number of alkyl halides is 6. The molecule has 0 amide bonds. The summed E-state index contributed by atoms with van der Waals surface area (Å²) in [6, 6.07) is 0.291. The third kappa shape index (κ3) is 4.27. The summed E-state index contributed by atoms with van der Waals surface area (Å²) in [6.45, 7) is 2.25. The van der Waals surface area contributed by atoms with Crippen molar-refractivity contribution in [3.05, 3.63) is 23.3 Å². The molecule has 0 saturated heterocycles. The third-order valence-electron chi connectivity index (χ3n) is 2.67. The van der Waals surface area contributed by atoms with Crippen molar-refractivity contribution in [2.24, 2.45) is 0 Å². The van der Waals surface area contributed by atoms with Crippen LogP contribution in [0.4, 0.5) is 26.3 Å². The zero-order chi connectivity index (χ0) is 16.6. The lowest BCUT2D eigenvalue weighted by atomic mass is 9.93. The van der Waals surface area contributed by atoms with Crippen molar-refractivity contribution >= 4 is 0 Å². The lowest BCUT2D eigenvalue weighted by molar-refractivity contribution is -0.153. The second-order valence-corrected chi connectivity index (χ2v) is 4.50. The fraction of sp³-hybridized carbons (Fsp3) is 0.636. The number of aromatic nitrogens is 2. The number of hydrogen-bond donors (Lipinski definition) is 2. The molecule has 1 aromatic rings. The normalized spacial score (nSPS) is 17.4. The number of nitrogens with zero attached hydrogens (tertiary/aromatic N) is 2. The average Bonchev–Trinajstić information content (AvgIpc) is 2.25. The van der Waals surface area contributed by atoms with Crippen molar-refractivity contribution in [3.8, 4) is 0 Å². The van der Waals surface area contributed by atoms with Crippen molar-refractivity contribution in [2.45, 2.75) is 44.3 Å². The van der Waals surface area contributed by atoms with Crippen LogP contribution in [0.5, 0.6) is 0 Å². The standard InChI is InChI=1S/C11H12F6N2O2/c1-4(20)8(5(2)21)6-3-7(10(12,13)14)19-9(18-6)11(15,16)17/h3-5,8,20-21H,1-2H3. The zero-order valence-electron chi connectivity index (χ0n) is 10.9. The fourth-order valence-electron chi connectivity index (χ4n) is 1.81. The maximum Gasteiger partial charge on any atom is 0.451 e. The largest absolute Gasteiger partial charge is 0.451 e. The van der Waals surface area contributed by atoms with Gasteiger partial charge in [-0.05, 0) is 19.9 Å². The van der Waals surface area contributed by atoms with E-state index < -0.39 is 47.7 Å².